The van der Waals surface area contributed by atoms with E-state index in [1.807, 2.05) is 19.1 Å². The first-order valence-electron chi connectivity index (χ1n) is 7.45. The molecule has 0 saturated carbocycles. The maximum Gasteiger partial charge on any atom is 0.229 e. The van der Waals surface area contributed by atoms with Gasteiger partial charge in [-0.1, -0.05) is 32.9 Å². The van der Waals surface area contributed by atoms with Gasteiger partial charge in [0.1, 0.15) is 0 Å². The second kappa shape index (κ2) is 7.44. The summed E-state index contributed by atoms with van der Waals surface area (Å²) in [5.74, 6) is 0. The van der Waals surface area contributed by atoms with Gasteiger partial charge in [-0.2, -0.15) is 0 Å². The molecule has 0 aliphatic rings. The molecule has 1 aromatic carbocycles. The standard InChI is InChI=1S/C16H28N2O3S/c1-12(17-15(11-19)10-16(2,3)4)13-6-8-14(9-7-13)18-22(5,20)21/h6-9,12,15,17-19H,10-11H2,1-5H3. The highest BCUT2D eigenvalue weighted by Gasteiger charge is 2.20. The van der Waals surface area contributed by atoms with Gasteiger partial charge in [-0.3, -0.25) is 4.72 Å². The van der Waals surface area contributed by atoms with Crippen molar-refractivity contribution in [3.05, 3.63) is 29.8 Å². The Hall–Kier alpha value is -1.11. The van der Waals surface area contributed by atoms with Crippen LogP contribution in [0.1, 0.15) is 45.7 Å². The van der Waals surface area contributed by atoms with Crippen LogP contribution in [0, 0.1) is 5.41 Å². The van der Waals surface area contributed by atoms with Crippen LogP contribution in [0.3, 0.4) is 0 Å². The number of anilines is 1. The summed E-state index contributed by atoms with van der Waals surface area (Å²) in [6.45, 7) is 8.56. The van der Waals surface area contributed by atoms with Crippen molar-refractivity contribution in [2.75, 3.05) is 17.6 Å². The molecule has 0 bridgehead atoms. The van der Waals surface area contributed by atoms with E-state index < -0.39 is 10.0 Å². The highest BCUT2D eigenvalue weighted by Crippen LogP contribution is 2.23. The third-order valence-electron chi connectivity index (χ3n) is 3.28. The summed E-state index contributed by atoms with van der Waals surface area (Å²) < 4.78 is 24.8. The van der Waals surface area contributed by atoms with Crippen LogP contribution in [0.4, 0.5) is 5.69 Å². The van der Waals surface area contributed by atoms with E-state index in [0.29, 0.717) is 5.69 Å². The van der Waals surface area contributed by atoms with E-state index in [1.54, 1.807) is 12.1 Å². The molecule has 0 radical (unpaired) electrons. The van der Waals surface area contributed by atoms with Gasteiger partial charge in [0.25, 0.3) is 0 Å². The molecule has 1 rings (SSSR count). The van der Waals surface area contributed by atoms with Gasteiger partial charge in [-0.25, -0.2) is 8.42 Å². The first-order chi connectivity index (χ1) is 10.00. The Kier molecular flexibility index (Phi) is 6.40. The second-order valence-corrected chi connectivity index (χ2v) is 8.78. The van der Waals surface area contributed by atoms with E-state index in [-0.39, 0.29) is 24.1 Å². The Morgan fingerprint density at radius 1 is 1.18 bits per heavy atom. The Labute approximate surface area is 134 Å². The first kappa shape index (κ1) is 18.9. The zero-order valence-corrected chi connectivity index (χ0v) is 14.9. The van der Waals surface area contributed by atoms with Crippen LogP contribution in [0.15, 0.2) is 24.3 Å². The molecule has 0 spiro atoms. The molecule has 126 valence electrons. The van der Waals surface area contributed by atoms with Crippen molar-refractivity contribution in [1.29, 1.82) is 0 Å². The first-order valence-corrected chi connectivity index (χ1v) is 9.34. The normalized spacial score (nSPS) is 15.4. The monoisotopic (exact) mass is 328 g/mol. The summed E-state index contributed by atoms with van der Waals surface area (Å²) in [4.78, 5) is 0. The SMILES string of the molecule is CC(NC(CO)CC(C)(C)C)c1ccc(NS(C)(=O)=O)cc1. The predicted molar refractivity (Wildman–Crippen MR) is 91.4 cm³/mol. The summed E-state index contributed by atoms with van der Waals surface area (Å²) >= 11 is 0. The lowest BCUT2D eigenvalue weighted by Crippen LogP contribution is -2.37. The molecular weight excluding hydrogens is 300 g/mol. The zero-order valence-electron chi connectivity index (χ0n) is 14.1. The quantitative estimate of drug-likeness (QED) is 0.718. The molecule has 0 heterocycles. The van der Waals surface area contributed by atoms with Crippen molar-refractivity contribution in [2.45, 2.75) is 46.2 Å². The summed E-state index contributed by atoms with van der Waals surface area (Å²) in [5, 5.41) is 12.9. The van der Waals surface area contributed by atoms with Gasteiger partial charge >= 0.3 is 0 Å². The minimum atomic E-state index is -3.25. The van der Waals surface area contributed by atoms with Crippen LogP contribution in [-0.4, -0.2) is 32.4 Å². The van der Waals surface area contributed by atoms with Gasteiger partial charge in [0, 0.05) is 17.8 Å². The lowest BCUT2D eigenvalue weighted by atomic mass is 9.88. The van der Waals surface area contributed by atoms with Crippen molar-refractivity contribution in [3.63, 3.8) is 0 Å². The fourth-order valence-electron chi connectivity index (χ4n) is 2.42. The minimum Gasteiger partial charge on any atom is -0.395 e. The van der Waals surface area contributed by atoms with Crippen LogP contribution in [0.25, 0.3) is 0 Å². The average Bonchev–Trinajstić information content (AvgIpc) is 2.35. The predicted octanol–water partition coefficient (Wildman–Crippen LogP) is 2.51. The topological polar surface area (TPSA) is 78.4 Å². The highest BCUT2D eigenvalue weighted by molar-refractivity contribution is 7.92. The number of nitrogens with one attached hydrogen (secondary N) is 2. The number of aliphatic hydroxyl groups is 1. The number of hydrogen-bond donors (Lipinski definition) is 3. The molecule has 22 heavy (non-hydrogen) atoms. The minimum absolute atomic E-state index is 0.0313. The lowest BCUT2D eigenvalue weighted by molar-refractivity contribution is 0.190. The maximum atomic E-state index is 11.2. The molecule has 6 heteroatoms. The molecule has 0 aromatic heterocycles. The second-order valence-electron chi connectivity index (χ2n) is 7.03. The van der Waals surface area contributed by atoms with Gasteiger partial charge in [-0.05, 0) is 36.5 Å². The van der Waals surface area contributed by atoms with Crippen molar-refractivity contribution in [3.8, 4) is 0 Å². The van der Waals surface area contributed by atoms with Crippen LogP contribution in [0.5, 0.6) is 0 Å². The van der Waals surface area contributed by atoms with Crippen LogP contribution in [0.2, 0.25) is 0 Å². The van der Waals surface area contributed by atoms with E-state index in [2.05, 4.69) is 30.8 Å². The molecule has 3 N–H and O–H groups in total. The third-order valence-corrected chi connectivity index (χ3v) is 3.89. The molecule has 0 saturated heterocycles. The molecule has 2 unspecified atom stereocenters. The number of sulfonamides is 1. The van der Waals surface area contributed by atoms with Crippen LogP contribution >= 0.6 is 0 Å². The van der Waals surface area contributed by atoms with Crippen molar-refractivity contribution in [1.82, 2.24) is 5.32 Å². The van der Waals surface area contributed by atoms with Crippen molar-refractivity contribution in [2.24, 2.45) is 5.41 Å². The Morgan fingerprint density at radius 3 is 2.14 bits per heavy atom. The van der Waals surface area contributed by atoms with Gasteiger partial charge in [0.15, 0.2) is 0 Å². The summed E-state index contributed by atoms with van der Waals surface area (Å²) in [7, 11) is -3.25. The third kappa shape index (κ3) is 7.24. The van der Waals surface area contributed by atoms with Crippen molar-refractivity contribution >= 4 is 15.7 Å². The van der Waals surface area contributed by atoms with Crippen LogP contribution in [-0.2, 0) is 10.0 Å². The van der Waals surface area contributed by atoms with E-state index in [0.717, 1.165) is 18.2 Å². The molecule has 2 atom stereocenters. The van der Waals surface area contributed by atoms with E-state index in [4.69, 9.17) is 0 Å². The highest BCUT2D eigenvalue weighted by atomic mass is 32.2. The van der Waals surface area contributed by atoms with Gasteiger partial charge in [-0.15, -0.1) is 0 Å². The molecule has 0 aliphatic carbocycles. The Bertz CT molecular complexity index is 562. The maximum absolute atomic E-state index is 11.2. The van der Waals surface area contributed by atoms with E-state index in [9.17, 15) is 13.5 Å². The van der Waals surface area contributed by atoms with Gasteiger partial charge in [0.2, 0.25) is 10.0 Å². The number of hydrogen-bond acceptors (Lipinski definition) is 4. The smallest absolute Gasteiger partial charge is 0.229 e. The zero-order chi connectivity index (χ0) is 17.0. The van der Waals surface area contributed by atoms with Gasteiger partial charge in [0.05, 0.1) is 12.9 Å². The summed E-state index contributed by atoms with van der Waals surface area (Å²) in [6, 6.07) is 7.36. The average molecular weight is 328 g/mol. The van der Waals surface area contributed by atoms with Gasteiger partial charge < -0.3 is 10.4 Å². The number of aliphatic hydroxyl groups excluding tert-OH is 1. The lowest BCUT2D eigenvalue weighted by Gasteiger charge is -2.28. The summed E-state index contributed by atoms with van der Waals surface area (Å²) in [5.41, 5.74) is 1.74. The molecule has 0 aliphatic heterocycles. The molecule has 5 nitrogen and oxygen atoms in total. The fraction of sp³-hybridized carbons (Fsp3) is 0.625. The van der Waals surface area contributed by atoms with Crippen molar-refractivity contribution < 1.29 is 13.5 Å². The molecule has 0 amide bonds. The Morgan fingerprint density at radius 2 is 1.73 bits per heavy atom. The summed E-state index contributed by atoms with van der Waals surface area (Å²) in [6.07, 6.45) is 2.00. The Balaban J connectivity index is 2.70. The fourth-order valence-corrected chi connectivity index (χ4v) is 2.98. The van der Waals surface area contributed by atoms with Crippen LogP contribution < -0.4 is 10.0 Å². The molecule has 0 fully saturated rings. The largest absolute Gasteiger partial charge is 0.395 e. The van der Waals surface area contributed by atoms with E-state index >= 15 is 0 Å². The molecular formula is C16H28N2O3S. The number of rotatable bonds is 7. The number of benzene rings is 1. The molecule has 1 aromatic rings. The van der Waals surface area contributed by atoms with E-state index in [1.165, 1.54) is 0 Å².